The molecule has 0 bridgehead atoms. The molecule has 1 N–H and O–H groups in total. The minimum absolute atomic E-state index is 0.443. The molecule has 74 valence electrons. The summed E-state index contributed by atoms with van der Waals surface area (Å²) >= 11 is 0. The van der Waals surface area contributed by atoms with Crippen molar-refractivity contribution in [3.63, 3.8) is 0 Å². The van der Waals surface area contributed by atoms with Gasteiger partial charge in [-0.15, -0.1) is 0 Å². The zero-order valence-corrected chi connectivity index (χ0v) is 8.21. The van der Waals surface area contributed by atoms with Crippen molar-refractivity contribution >= 4 is 21.8 Å². The molecule has 2 nitrogen and oxygen atoms in total. The maximum atomic E-state index is 13.4. The zero-order valence-electron chi connectivity index (χ0n) is 8.21. The molecule has 0 saturated heterocycles. The van der Waals surface area contributed by atoms with E-state index in [-0.39, 0.29) is 0 Å². The number of pyridine rings is 1. The van der Waals surface area contributed by atoms with E-state index in [2.05, 4.69) is 9.97 Å². The number of aryl methyl sites for hydroxylation is 1. The van der Waals surface area contributed by atoms with Crippen LogP contribution in [0.3, 0.4) is 0 Å². The second-order valence-corrected chi connectivity index (χ2v) is 3.70. The summed E-state index contributed by atoms with van der Waals surface area (Å²) in [6.07, 6.45) is 1.49. The van der Waals surface area contributed by atoms with E-state index >= 15 is 0 Å². The van der Waals surface area contributed by atoms with Crippen LogP contribution in [0, 0.1) is 12.9 Å². The van der Waals surface area contributed by atoms with Crippen LogP contribution < -0.4 is 0 Å². The number of halogens is 1. The lowest BCUT2D eigenvalue weighted by atomic mass is 10.1. The smallest absolute Gasteiger partial charge is 0.237 e. The summed E-state index contributed by atoms with van der Waals surface area (Å²) in [6.45, 7) is 2.01. The van der Waals surface area contributed by atoms with Crippen molar-refractivity contribution in [2.45, 2.75) is 6.92 Å². The average molecular weight is 200 g/mol. The number of nitrogens with zero attached hydrogens (tertiary/aromatic N) is 1. The third kappa shape index (κ3) is 1.13. The highest BCUT2D eigenvalue weighted by Gasteiger charge is 2.07. The van der Waals surface area contributed by atoms with Crippen LogP contribution >= 0.6 is 0 Å². The highest BCUT2D eigenvalue weighted by Crippen LogP contribution is 2.26. The van der Waals surface area contributed by atoms with E-state index in [1.807, 2.05) is 31.2 Å². The van der Waals surface area contributed by atoms with Crippen LogP contribution in [0.25, 0.3) is 21.8 Å². The van der Waals surface area contributed by atoms with Crippen LogP contribution in [0.1, 0.15) is 5.56 Å². The molecular formula is C12H9FN2. The number of nitrogens with one attached hydrogen (secondary N) is 1. The minimum Gasteiger partial charge on any atom is -0.351 e. The molecule has 0 atom stereocenters. The Kier molecular flexibility index (Phi) is 1.57. The molecule has 0 fully saturated rings. The molecule has 3 aromatic rings. The molecule has 2 aromatic heterocycles. The number of fused-ring (bicyclic) bond motifs is 3. The van der Waals surface area contributed by atoms with Gasteiger partial charge in [-0.05, 0) is 24.6 Å². The molecule has 0 aliphatic carbocycles. The normalized spacial score (nSPS) is 11.3. The Bertz CT molecular complexity index is 655. The summed E-state index contributed by atoms with van der Waals surface area (Å²) < 4.78 is 13.4. The molecule has 0 radical (unpaired) electrons. The fourth-order valence-electron chi connectivity index (χ4n) is 1.91. The van der Waals surface area contributed by atoms with Crippen LogP contribution in [-0.2, 0) is 0 Å². The van der Waals surface area contributed by atoms with E-state index in [0.717, 1.165) is 21.9 Å². The van der Waals surface area contributed by atoms with Crippen molar-refractivity contribution < 1.29 is 4.39 Å². The Morgan fingerprint density at radius 1 is 1.20 bits per heavy atom. The van der Waals surface area contributed by atoms with Crippen molar-refractivity contribution in [1.82, 2.24) is 9.97 Å². The fraction of sp³-hybridized carbons (Fsp3) is 0.0833. The SMILES string of the molecule is Cc1ccc2c(c1)[nH]c1c(F)nccc12. The Hall–Kier alpha value is -1.90. The van der Waals surface area contributed by atoms with Crippen molar-refractivity contribution in [2.75, 3.05) is 0 Å². The van der Waals surface area contributed by atoms with Crippen LogP contribution in [0.5, 0.6) is 0 Å². The molecule has 0 spiro atoms. The van der Waals surface area contributed by atoms with E-state index < -0.39 is 5.95 Å². The number of hydrogen-bond acceptors (Lipinski definition) is 1. The van der Waals surface area contributed by atoms with Gasteiger partial charge in [-0.2, -0.15) is 4.39 Å². The summed E-state index contributed by atoms with van der Waals surface area (Å²) in [5, 5.41) is 1.93. The predicted molar refractivity (Wildman–Crippen MR) is 58.3 cm³/mol. The van der Waals surface area contributed by atoms with Gasteiger partial charge in [-0.25, -0.2) is 4.98 Å². The van der Waals surface area contributed by atoms with Crippen LogP contribution in [0.4, 0.5) is 4.39 Å². The monoisotopic (exact) mass is 200 g/mol. The molecule has 0 amide bonds. The Morgan fingerprint density at radius 3 is 2.93 bits per heavy atom. The van der Waals surface area contributed by atoms with Crippen molar-refractivity contribution in [3.8, 4) is 0 Å². The number of rotatable bonds is 0. The topological polar surface area (TPSA) is 28.7 Å². The summed E-state index contributed by atoms with van der Waals surface area (Å²) in [5.74, 6) is -0.443. The zero-order chi connectivity index (χ0) is 10.4. The molecule has 1 aromatic carbocycles. The number of aromatic nitrogens is 2. The lowest BCUT2D eigenvalue weighted by Gasteiger charge is -1.92. The maximum Gasteiger partial charge on any atom is 0.237 e. The van der Waals surface area contributed by atoms with Gasteiger partial charge >= 0.3 is 0 Å². The van der Waals surface area contributed by atoms with E-state index in [9.17, 15) is 4.39 Å². The summed E-state index contributed by atoms with van der Waals surface area (Å²) in [4.78, 5) is 6.68. The van der Waals surface area contributed by atoms with Gasteiger partial charge < -0.3 is 4.98 Å². The largest absolute Gasteiger partial charge is 0.351 e. The first-order valence-electron chi connectivity index (χ1n) is 4.78. The second kappa shape index (κ2) is 2.79. The Balaban J connectivity index is 2.57. The standard InChI is InChI=1S/C12H9FN2/c1-7-2-3-8-9-4-5-14-12(13)11(9)15-10(8)6-7/h2-6,15H,1H3. The number of hydrogen-bond donors (Lipinski definition) is 1. The maximum absolute atomic E-state index is 13.4. The quantitative estimate of drug-likeness (QED) is 0.555. The molecule has 0 aliphatic heterocycles. The van der Waals surface area contributed by atoms with Gasteiger partial charge in [-0.1, -0.05) is 12.1 Å². The van der Waals surface area contributed by atoms with Gasteiger partial charge in [0, 0.05) is 22.5 Å². The lowest BCUT2D eigenvalue weighted by molar-refractivity contribution is 0.594. The predicted octanol–water partition coefficient (Wildman–Crippen LogP) is 3.16. The van der Waals surface area contributed by atoms with Crippen LogP contribution in [0.2, 0.25) is 0 Å². The number of aromatic amines is 1. The Morgan fingerprint density at radius 2 is 2.07 bits per heavy atom. The van der Waals surface area contributed by atoms with E-state index in [4.69, 9.17) is 0 Å². The lowest BCUT2D eigenvalue weighted by Crippen LogP contribution is -1.81. The molecule has 0 saturated carbocycles. The molecule has 2 heterocycles. The molecule has 3 heteroatoms. The van der Waals surface area contributed by atoms with Crippen LogP contribution in [0.15, 0.2) is 30.5 Å². The first kappa shape index (κ1) is 8.41. The van der Waals surface area contributed by atoms with Crippen LogP contribution in [-0.4, -0.2) is 9.97 Å². The van der Waals surface area contributed by atoms with E-state index in [1.165, 1.54) is 6.20 Å². The van der Waals surface area contributed by atoms with Gasteiger partial charge in [-0.3, -0.25) is 0 Å². The Labute approximate surface area is 85.8 Å². The molecule has 15 heavy (non-hydrogen) atoms. The summed E-state index contributed by atoms with van der Waals surface area (Å²) in [5.41, 5.74) is 2.59. The van der Waals surface area contributed by atoms with Gasteiger partial charge in [0.05, 0.1) is 0 Å². The van der Waals surface area contributed by atoms with Crippen molar-refractivity contribution in [3.05, 3.63) is 42.0 Å². The minimum atomic E-state index is -0.443. The molecule has 0 unspecified atom stereocenters. The third-order valence-electron chi connectivity index (χ3n) is 2.63. The second-order valence-electron chi connectivity index (χ2n) is 3.70. The van der Waals surface area contributed by atoms with Gasteiger partial charge in [0.15, 0.2) is 0 Å². The fourth-order valence-corrected chi connectivity index (χ4v) is 1.91. The molecular weight excluding hydrogens is 191 g/mol. The average Bonchev–Trinajstić information content (AvgIpc) is 2.57. The highest BCUT2D eigenvalue weighted by molar-refractivity contribution is 6.07. The van der Waals surface area contributed by atoms with Crippen molar-refractivity contribution in [2.24, 2.45) is 0 Å². The van der Waals surface area contributed by atoms with E-state index in [1.54, 1.807) is 0 Å². The molecule has 0 aliphatic rings. The van der Waals surface area contributed by atoms with E-state index in [0.29, 0.717) is 5.52 Å². The summed E-state index contributed by atoms with van der Waals surface area (Å²) in [6, 6.07) is 7.86. The number of benzene rings is 1. The van der Waals surface area contributed by atoms with Gasteiger partial charge in [0.1, 0.15) is 5.52 Å². The number of H-pyrrole nitrogens is 1. The first-order valence-corrected chi connectivity index (χ1v) is 4.78. The van der Waals surface area contributed by atoms with Crippen molar-refractivity contribution in [1.29, 1.82) is 0 Å². The molecule has 3 rings (SSSR count). The summed E-state index contributed by atoms with van der Waals surface area (Å²) in [7, 11) is 0. The van der Waals surface area contributed by atoms with Gasteiger partial charge in [0.2, 0.25) is 5.95 Å². The highest BCUT2D eigenvalue weighted by atomic mass is 19.1. The van der Waals surface area contributed by atoms with Gasteiger partial charge in [0.25, 0.3) is 0 Å². The first-order chi connectivity index (χ1) is 7.25. The third-order valence-corrected chi connectivity index (χ3v) is 2.63.